The fourth-order valence-corrected chi connectivity index (χ4v) is 1.35. The molecule has 4 N–H and O–H groups in total. The second kappa shape index (κ2) is 4.96. The van der Waals surface area contributed by atoms with E-state index in [9.17, 15) is 9.59 Å². The maximum atomic E-state index is 11.3. The molecule has 0 fully saturated rings. The summed E-state index contributed by atoms with van der Waals surface area (Å²) in [5, 5.41) is 11.4. The third kappa shape index (κ3) is 2.71. The van der Waals surface area contributed by atoms with Crippen molar-refractivity contribution in [3.05, 3.63) is 28.8 Å². The average molecular weight is 243 g/mol. The van der Waals surface area contributed by atoms with Crippen molar-refractivity contribution in [3.63, 3.8) is 0 Å². The van der Waals surface area contributed by atoms with Crippen LogP contribution in [0, 0.1) is 0 Å². The fourth-order valence-electron chi connectivity index (χ4n) is 1.09. The van der Waals surface area contributed by atoms with Gasteiger partial charge in [0.05, 0.1) is 16.8 Å². The van der Waals surface area contributed by atoms with Crippen LogP contribution in [0.5, 0.6) is 0 Å². The van der Waals surface area contributed by atoms with Crippen LogP contribution >= 0.6 is 11.6 Å². The molecule has 0 aliphatic rings. The van der Waals surface area contributed by atoms with E-state index in [0.29, 0.717) is 0 Å². The maximum Gasteiger partial charge on any atom is 0.339 e. The predicted molar refractivity (Wildman–Crippen MR) is 60.7 cm³/mol. The number of nitrogens with two attached hydrogens (primary N) is 1. The smallest absolute Gasteiger partial charge is 0.339 e. The number of benzene rings is 1. The Labute approximate surface area is 97.2 Å². The van der Waals surface area contributed by atoms with E-state index in [4.69, 9.17) is 22.4 Å². The van der Waals surface area contributed by atoms with Crippen LogP contribution in [0.2, 0.25) is 5.02 Å². The molecule has 5 nitrogen and oxygen atoms in total. The first kappa shape index (κ1) is 12.5. The van der Waals surface area contributed by atoms with Gasteiger partial charge in [0.1, 0.15) is 5.56 Å². The molecule has 1 amide bonds. The molecule has 1 aromatic rings. The van der Waals surface area contributed by atoms with Gasteiger partial charge in [-0.05, 0) is 19.1 Å². The lowest BCUT2D eigenvalue weighted by Gasteiger charge is -2.11. The molecule has 86 valence electrons. The third-order valence-electron chi connectivity index (χ3n) is 1.90. The summed E-state index contributed by atoms with van der Waals surface area (Å²) in [6.07, 6.45) is 0. The summed E-state index contributed by atoms with van der Waals surface area (Å²) in [5.41, 5.74) is 5.36. The Morgan fingerprint density at radius 1 is 1.50 bits per heavy atom. The minimum absolute atomic E-state index is 0.0648. The third-order valence-corrected chi connectivity index (χ3v) is 2.21. The molecule has 0 aliphatic carbocycles. The van der Waals surface area contributed by atoms with E-state index in [2.05, 4.69) is 5.32 Å². The zero-order chi connectivity index (χ0) is 12.3. The molecule has 1 atom stereocenters. The molecule has 0 heterocycles. The highest BCUT2D eigenvalue weighted by Gasteiger charge is 2.17. The van der Waals surface area contributed by atoms with Gasteiger partial charge in [-0.3, -0.25) is 4.79 Å². The number of halogens is 1. The number of carbonyl (C=O) groups is 2. The van der Waals surface area contributed by atoms with Crippen molar-refractivity contribution in [1.82, 2.24) is 0 Å². The summed E-state index contributed by atoms with van der Waals surface area (Å²) in [7, 11) is 0. The number of nitrogens with one attached hydrogen (secondary N) is 1. The SMILES string of the molecule is CC(N)C(=O)Nc1cccc(Cl)c1C(=O)O. The summed E-state index contributed by atoms with van der Waals surface area (Å²) < 4.78 is 0. The van der Waals surface area contributed by atoms with Crippen molar-refractivity contribution in [2.75, 3.05) is 5.32 Å². The van der Waals surface area contributed by atoms with Crippen molar-refractivity contribution in [1.29, 1.82) is 0 Å². The molecule has 0 bridgehead atoms. The lowest BCUT2D eigenvalue weighted by molar-refractivity contribution is -0.117. The number of hydrogen-bond acceptors (Lipinski definition) is 3. The summed E-state index contributed by atoms with van der Waals surface area (Å²) in [6.45, 7) is 1.50. The lowest BCUT2D eigenvalue weighted by Crippen LogP contribution is -2.33. The predicted octanol–water partition coefficient (Wildman–Crippen LogP) is 1.32. The normalized spacial score (nSPS) is 11.9. The second-order valence-electron chi connectivity index (χ2n) is 3.25. The molecule has 0 saturated carbocycles. The number of rotatable bonds is 3. The Bertz CT molecular complexity index is 432. The molecule has 1 unspecified atom stereocenters. The van der Waals surface area contributed by atoms with Gasteiger partial charge >= 0.3 is 5.97 Å². The van der Waals surface area contributed by atoms with Gasteiger partial charge < -0.3 is 16.2 Å². The highest BCUT2D eigenvalue weighted by Crippen LogP contribution is 2.24. The number of aromatic carboxylic acids is 1. The summed E-state index contributed by atoms with van der Waals surface area (Å²) >= 11 is 5.72. The number of carbonyl (C=O) groups excluding carboxylic acids is 1. The quantitative estimate of drug-likeness (QED) is 0.745. The Kier molecular flexibility index (Phi) is 3.87. The van der Waals surface area contributed by atoms with Crippen LogP contribution in [0.25, 0.3) is 0 Å². The topological polar surface area (TPSA) is 92.4 Å². The number of carboxylic acid groups (broad SMARTS) is 1. The van der Waals surface area contributed by atoms with E-state index in [0.717, 1.165) is 0 Å². The number of anilines is 1. The van der Waals surface area contributed by atoms with Crippen LogP contribution in [0.4, 0.5) is 5.69 Å². The molecule has 0 spiro atoms. The molecule has 1 rings (SSSR count). The van der Waals surface area contributed by atoms with Crippen LogP contribution in [0.15, 0.2) is 18.2 Å². The Balaban J connectivity index is 3.09. The van der Waals surface area contributed by atoms with Crippen molar-refractivity contribution in [2.24, 2.45) is 5.73 Å². The minimum Gasteiger partial charge on any atom is -0.478 e. The van der Waals surface area contributed by atoms with Gasteiger partial charge in [-0.2, -0.15) is 0 Å². The number of amides is 1. The summed E-state index contributed by atoms with van der Waals surface area (Å²) in [5.74, 6) is -1.67. The minimum atomic E-state index is -1.20. The van der Waals surface area contributed by atoms with E-state index >= 15 is 0 Å². The molecule has 0 radical (unpaired) electrons. The van der Waals surface area contributed by atoms with Gasteiger partial charge in [-0.1, -0.05) is 17.7 Å². The molecule has 0 saturated heterocycles. The average Bonchev–Trinajstić information content (AvgIpc) is 2.16. The van der Waals surface area contributed by atoms with Crippen molar-refractivity contribution < 1.29 is 14.7 Å². The highest BCUT2D eigenvalue weighted by atomic mass is 35.5. The van der Waals surface area contributed by atoms with Crippen LogP contribution in [0.3, 0.4) is 0 Å². The largest absolute Gasteiger partial charge is 0.478 e. The molecule has 0 aliphatic heterocycles. The van der Waals surface area contributed by atoms with Gasteiger partial charge in [0.2, 0.25) is 5.91 Å². The highest BCUT2D eigenvalue weighted by molar-refractivity contribution is 6.34. The van der Waals surface area contributed by atoms with Crippen LogP contribution in [-0.2, 0) is 4.79 Å². The van der Waals surface area contributed by atoms with Crippen molar-refractivity contribution in [3.8, 4) is 0 Å². The van der Waals surface area contributed by atoms with Crippen molar-refractivity contribution in [2.45, 2.75) is 13.0 Å². The van der Waals surface area contributed by atoms with Gasteiger partial charge in [0.25, 0.3) is 0 Å². The zero-order valence-electron chi connectivity index (χ0n) is 8.53. The standard InChI is InChI=1S/C10H11ClN2O3/c1-5(12)9(14)13-7-4-2-3-6(11)8(7)10(15)16/h2-5H,12H2,1H3,(H,13,14)(H,15,16). The van der Waals surface area contributed by atoms with E-state index in [1.165, 1.54) is 19.1 Å². The molecule has 16 heavy (non-hydrogen) atoms. The Morgan fingerprint density at radius 3 is 2.62 bits per heavy atom. The number of hydrogen-bond donors (Lipinski definition) is 3. The molecular weight excluding hydrogens is 232 g/mol. The fraction of sp³-hybridized carbons (Fsp3) is 0.200. The lowest BCUT2D eigenvalue weighted by atomic mass is 10.1. The number of carboxylic acids is 1. The summed E-state index contributed by atoms with van der Waals surface area (Å²) in [6, 6.07) is 3.72. The first-order valence-electron chi connectivity index (χ1n) is 4.51. The zero-order valence-corrected chi connectivity index (χ0v) is 9.28. The monoisotopic (exact) mass is 242 g/mol. The van der Waals surface area contributed by atoms with Gasteiger partial charge in [0.15, 0.2) is 0 Å². The van der Waals surface area contributed by atoms with Crippen LogP contribution < -0.4 is 11.1 Å². The Morgan fingerprint density at radius 2 is 2.12 bits per heavy atom. The molecule has 0 aromatic heterocycles. The first-order chi connectivity index (χ1) is 7.43. The van der Waals surface area contributed by atoms with Gasteiger partial charge in [-0.15, -0.1) is 0 Å². The van der Waals surface area contributed by atoms with E-state index in [-0.39, 0.29) is 16.3 Å². The molecular formula is C10H11ClN2O3. The van der Waals surface area contributed by atoms with E-state index in [1.807, 2.05) is 0 Å². The van der Waals surface area contributed by atoms with E-state index < -0.39 is 17.9 Å². The van der Waals surface area contributed by atoms with Crippen molar-refractivity contribution >= 4 is 29.2 Å². The molecule has 6 heteroatoms. The van der Waals surface area contributed by atoms with Crippen LogP contribution in [0.1, 0.15) is 17.3 Å². The first-order valence-corrected chi connectivity index (χ1v) is 4.89. The molecule has 1 aromatic carbocycles. The van der Waals surface area contributed by atoms with Crippen LogP contribution in [-0.4, -0.2) is 23.0 Å². The summed E-state index contributed by atoms with van der Waals surface area (Å²) in [4.78, 5) is 22.3. The maximum absolute atomic E-state index is 11.3. The Hall–Kier alpha value is -1.59. The second-order valence-corrected chi connectivity index (χ2v) is 3.65. The van der Waals surface area contributed by atoms with E-state index in [1.54, 1.807) is 6.07 Å². The van der Waals surface area contributed by atoms with Gasteiger partial charge in [0, 0.05) is 0 Å². The van der Waals surface area contributed by atoms with Gasteiger partial charge in [-0.25, -0.2) is 4.79 Å².